The van der Waals surface area contributed by atoms with E-state index in [1.54, 1.807) is 0 Å². The minimum Gasteiger partial charge on any atom is -0.313 e. The molecule has 0 amide bonds. The molecule has 0 aliphatic heterocycles. The topological polar surface area (TPSA) is 12.0 Å². The first kappa shape index (κ1) is 16.0. The maximum atomic E-state index is 13.1. The van der Waals surface area contributed by atoms with Crippen LogP contribution in [0.15, 0.2) is 18.2 Å². The first-order valence-electron chi connectivity index (χ1n) is 6.51. The number of halogens is 4. The van der Waals surface area contributed by atoms with E-state index in [1.165, 1.54) is 6.07 Å². The summed E-state index contributed by atoms with van der Waals surface area (Å²) in [6, 6.07) is 3.12. The molecule has 0 aliphatic carbocycles. The van der Waals surface area contributed by atoms with Crippen molar-refractivity contribution in [3.05, 3.63) is 35.1 Å². The first-order chi connectivity index (χ1) is 8.95. The molecule has 0 saturated carbocycles. The molecule has 0 spiro atoms. The summed E-state index contributed by atoms with van der Waals surface area (Å²) in [4.78, 5) is 0. The summed E-state index contributed by atoms with van der Waals surface area (Å²) >= 11 is 0. The summed E-state index contributed by atoms with van der Waals surface area (Å²) in [5, 5.41) is 3.07. The van der Waals surface area contributed by atoms with Crippen LogP contribution in [0, 0.1) is 5.82 Å². The molecule has 0 radical (unpaired) electrons. The highest BCUT2D eigenvalue weighted by atomic mass is 19.4. The van der Waals surface area contributed by atoms with Crippen molar-refractivity contribution in [3.63, 3.8) is 0 Å². The lowest BCUT2D eigenvalue weighted by molar-refractivity contribution is -0.140. The molecular weight excluding hydrogens is 258 g/mol. The van der Waals surface area contributed by atoms with E-state index in [0.717, 1.165) is 44.4 Å². The molecule has 0 aliphatic rings. The third-order valence-corrected chi connectivity index (χ3v) is 2.87. The van der Waals surface area contributed by atoms with Gasteiger partial charge >= 0.3 is 6.18 Å². The Morgan fingerprint density at radius 3 is 2.47 bits per heavy atom. The molecule has 1 rings (SSSR count). The minimum atomic E-state index is -4.64. The maximum absolute atomic E-state index is 13.1. The van der Waals surface area contributed by atoms with Gasteiger partial charge < -0.3 is 5.32 Å². The Morgan fingerprint density at radius 1 is 1.11 bits per heavy atom. The lowest BCUT2D eigenvalue weighted by Crippen LogP contribution is -2.16. The van der Waals surface area contributed by atoms with E-state index in [2.05, 4.69) is 12.2 Å². The number of rotatable bonds is 7. The smallest absolute Gasteiger partial charge is 0.313 e. The fourth-order valence-corrected chi connectivity index (χ4v) is 1.81. The summed E-state index contributed by atoms with van der Waals surface area (Å²) in [6.45, 7) is 3.21. The molecule has 1 aromatic carbocycles. The number of alkyl halides is 3. The maximum Gasteiger partial charge on any atom is 0.419 e. The quantitative estimate of drug-likeness (QED) is 0.571. The Hall–Kier alpha value is -1.10. The highest BCUT2D eigenvalue weighted by Crippen LogP contribution is 2.31. The Labute approximate surface area is 111 Å². The van der Waals surface area contributed by atoms with Crippen LogP contribution in [0.3, 0.4) is 0 Å². The van der Waals surface area contributed by atoms with Crippen LogP contribution in [-0.4, -0.2) is 6.54 Å². The molecule has 19 heavy (non-hydrogen) atoms. The number of nitrogens with one attached hydrogen (secondary N) is 1. The van der Waals surface area contributed by atoms with Gasteiger partial charge in [-0.25, -0.2) is 4.39 Å². The Kier molecular flexibility index (Phi) is 6.28. The van der Waals surface area contributed by atoms with Crippen LogP contribution >= 0.6 is 0 Å². The standard InChI is InChI=1S/C14H19F4N/c1-2-3-4-5-8-19-10-11-6-7-13(15)12(9-11)14(16,17)18/h6-7,9,19H,2-5,8,10H2,1H3. The molecule has 0 saturated heterocycles. The number of hydrogen-bond donors (Lipinski definition) is 1. The minimum absolute atomic E-state index is 0.329. The van der Waals surface area contributed by atoms with Crippen LogP contribution in [0.25, 0.3) is 0 Å². The van der Waals surface area contributed by atoms with Crippen molar-refractivity contribution in [2.75, 3.05) is 6.54 Å². The zero-order valence-electron chi connectivity index (χ0n) is 11.0. The van der Waals surface area contributed by atoms with Crippen LogP contribution < -0.4 is 5.32 Å². The fraction of sp³-hybridized carbons (Fsp3) is 0.571. The average Bonchev–Trinajstić information content (AvgIpc) is 2.34. The van der Waals surface area contributed by atoms with Gasteiger partial charge in [-0.1, -0.05) is 32.3 Å². The molecular formula is C14H19F4N. The highest BCUT2D eigenvalue weighted by Gasteiger charge is 2.34. The summed E-state index contributed by atoms with van der Waals surface area (Å²) in [5.41, 5.74) is -0.748. The molecule has 0 atom stereocenters. The second-order valence-corrected chi connectivity index (χ2v) is 4.55. The van der Waals surface area contributed by atoms with E-state index >= 15 is 0 Å². The Balaban J connectivity index is 2.47. The van der Waals surface area contributed by atoms with Gasteiger partial charge in [0.05, 0.1) is 5.56 Å². The van der Waals surface area contributed by atoms with Gasteiger partial charge in [0.15, 0.2) is 0 Å². The zero-order valence-corrected chi connectivity index (χ0v) is 11.0. The van der Waals surface area contributed by atoms with E-state index < -0.39 is 17.6 Å². The predicted octanol–water partition coefficient (Wildman–Crippen LogP) is 4.51. The van der Waals surface area contributed by atoms with Crippen molar-refractivity contribution in [2.24, 2.45) is 0 Å². The van der Waals surface area contributed by atoms with Crippen molar-refractivity contribution >= 4 is 0 Å². The molecule has 0 bridgehead atoms. The molecule has 1 nitrogen and oxygen atoms in total. The molecule has 5 heteroatoms. The summed E-state index contributed by atoms with van der Waals surface area (Å²) in [6.07, 6.45) is -0.216. The second-order valence-electron chi connectivity index (χ2n) is 4.55. The average molecular weight is 277 g/mol. The lowest BCUT2D eigenvalue weighted by Gasteiger charge is -2.10. The van der Waals surface area contributed by atoms with E-state index in [-0.39, 0.29) is 0 Å². The van der Waals surface area contributed by atoms with Crippen molar-refractivity contribution < 1.29 is 17.6 Å². The summed E-state index contributed by atoms with van der Waals surface area (Å²) in [5.74, 6) is -1.22. The van der Waals surface area contributed by atoms with E-state index in [0.29, 0.717) is 12.1 Å². The van der Waals surface area contributed by atoms with E-state index in [9.17, 15) is 17.6 Å². The Morgan fingerprint density at radius 2 is 1.84 bits per heavy atom. The van der Waals surface area contributed by atoms with Crippen molar-refractivity contribution in [2.45, 2.75) is 45.3 Å². The van der Waals surface area contributed by atoms with Crippen LogP contribution in [-0.2, 0) is 12.7 Å². The van der Waals surface area contributed by atoms with Crippen LogP contribution in [0.1, 0.15) is 43.7 Å². The highest BCUT2D eigenvalue weighted by molar-refractivity contribution is 5.27. The second kappa shape index (κ2) is 7.48. The van der Waals surface area contributed by atoms with Gasteiger partial charge in [-0.3, -0.25) is 0 Å². The van der Waals surface area contributed by atoms with Gasteiger partial charge in [0.25, 0.3) is 0 Å². The summed E-state index contributed by atoms with van der Waals surface area (Å²) in [7, 11) is 0. The van der Waals surface area contributed by atoms with Crippen molar-refractivity contribution in [1.29, 1.82) is 0 Å². The van der Waals surface area contributed by atoms with Crippen molar-refractivity contribution in [3.8, 4) is 0 Å². The van der Waals surface area contributed by atoms with Crippen LogP contribution in [0.4, 0.5) is 17.6 Å². The van der Waals surface area contributed by atoms with Crippen LogP contribution in [0.5, 0.6) is 0 Å². The van der Waals surface area contributed by atoms with E-state index in [4.69, 9.17) is 0 Å². The fourth-order valence-electron chi connectivity index (χ4n) is 1.81. The van der Waals surface area contributed by atoms with Gasteiger partial charge in [0.2, 0.25) is 0 Å². The zero-order chi connectivity index (χ0) is 14.3. The number of unbranched alkanes of at least 4 members (excludes halogenated alkanes) is 3. The Bertz CT molecular complexity index is 388. The summed E-state index contributed by atoms with van der Waals surface area (Å²) < 4.78 is 50.5. The molecule has 108 valence electrons. The normalized spacial score (nSPS) is 11.8. The SMILES string of the molecule is CCCCCCNCc1ccc(F)c(C(F)(F)F)c1. The van der Waals surface area contributed by atoms with Gasteiger partial charge in [0, 0.05) is 6.54 Å². The molecule has 1 N–H and O–H groups in total. The molecule has 0 unspecified atom stereocenters. The monoisotopic (exact) mass is 277 g/mol. The first-order valence-corrected chi connectivity index (χ1v) is 6.51. The lowest BCUT2D eigenvalue weighted by atomic mass is 10.1. The predicted molar refractivity (Wildman–Crippen MR) is 67.3 cm³/mol. The van der Waals surface area contributed by atoms with Crippen molar-refractivity contribution in [1.82, 2.24) is 5.32 Å². The molecule has 0 heterocycles. The number of benzene rings is 1. The third kappa shape index (κ3) is 5.59. The largest absolute Gasteiger partial charge is 0.419 e. The molecule has 1 aromatic rings. The number of hydrogen-bond acceptors (Lipinski definition) is 1. The van der Waals surface area contributed by atoms with E-state index in [1.807, 2.05) is 0 Å². The van der Waals surface area contributed by atoms with Gasteiger partial charge in [-0.15, -0.1) is 0 Å². The van der Waals surface area contributed by atoms with Gasteiger partial charge in [0.1, 0.15) is 5.82 Å². The van der Waals surface area contributed by atoms with Gasteiger partial charge in [-0.2, -0.15) is 13.2 Å². The van der Waals surface area contributed by atoms with Crippen LogP contribution in [0.2, 0.25) is 0 Å². The molecule has 0 aromatic heterocycles. The van der Waals surface area contributed by atoms with Gasteiger partial charge in [-0.05, 0) is 30.7 Å². The molecule has 0 fully saturated rings. The third-order valence-electron chi connectivity index (χ3n) is 2.87.